The van der Waals surface area contributed by atoms with Crippen molar-refractivity contribution < 1.29 is 14.3 Å². The van der Waals surface area contributed by atoms with E-state index in [0.717, 1.165) is 6.42 Å². The fourth-order valence-corrected chi connectivity index (χ4v) is 2.52. The molecule has 25 heavy (non-hydrogen) atoms. The first-order valence-electron chi connectivity index (χ1n) is 8.61. The Balaban J connectivity index is 1.60. The summed E-state index contributed by atoms with van der Waals surface area (Å²) in [7, 11) is 0. The molecule has 0 aliphatic carbocycles. The molecular formula is C21H25NO3. The average molecular weight is 339 g/mol. The molecule has 2 aromatic rings. The molecule has 0 unspecified atom stereocenters. The number of benzene rings is 2. The first-order valence-corrected chi connectivity index (χ1v) is 8.61. The van der Waals surface area contributed by atoms with Crippen LogP contribution in [0, 0.1) is 6.92 Å². The summed E-state index contributed by atoms with van der Waals surface area (Å²) >= 11 is 0. The first kappa shape index (κ1) is 18.7. The number of amides is 1. The second-order valence-corrected chi connectivity index (χ2v) is 6.06. The van der Waals surface area contributed by atoms with Crippen molar-refractivity contribution in [2.75, 3.05) is 13.2 Å². The van der Waals surface area contributed by atoms with E-state index >= 15 is 0 Å². The van der Waals surface area contributed by atoms with Crippen molar-refractivity contribution in [2.45, 2.75) is 33.1 Å². The second-order valence-electron chi connectivity index (χ2n) is 6.06. The topological polar surface area (TPSA) is 55.4 Å². The highest BCUT2D eigenvalue weighted by Crippen LogP contribution is 2.13. The van der Waals surface area contributed by atoms with Crippen molar-refractivity contribution in [3.63, 3.8) is 0 Å². The molecule has 4 nitrogen and oxygen atoms in total. The smallest absolute Gasteiger partial charge is 0.220 e. The summed E-state index contributed by atoms with van der Waals surface area (Å²) in [4.78, 5) is 23.0. The van der Waals surface area contributed by atoms with Crippen LogP contribution in [0.15, 0.2) is 48.5 Å². The quantitative estimate of drug-likeness (QED) is 0.560. The Labute approximate surface area is 149 Å². The van der Waals surface area contributed by atoms with Gasteiger partial charge in [-0.2, -0.15) is 0 Å². The Morgan fingerprint density at radius 3 is 2.44 bits per heavy atom. The van der Waals surface area contributed by atoms with Gasteiger partial charge in [-0.25, -0.2) is 0 Å². The number of hydrogen-bond donors (Lipinski definition) is 1. The summed E-state index contributed by atoms with van der Waals surface area (Å²) in [5.74, 6) is 0.794. The van der Waals surface area contributed by atoms with Crippen molar-refractivity contribution in [3.8, 4) is 5.75 Å². The van der Waals surface area contributed by atoms with E-state index in [-0.39, 0.29) is 11.7 Å². The SMILES string of the molecule is CC(=O)c1ccc(OCCCC(=O)NCCc2ccccc2C)cc1. The molecule has 0 radical (unpaired) electrons. The van der Waals surface area contributed by atoms with Crippen molar-refractivity contribution in [2.24, 2.45) is 0 Å². The lowest BCUT2D eigenvalue weighted by Gasteiger charge is -2.08. The molecule has 2 aromatic carbocycles. The number of ketones is 1. The van der Waals surface area contributed by atoms with Crippen molar-refractivity contribution in [1.29, 1.82) is 0 Å². The monoisotopic (exact) mass is 339 g/mol. The molecule has 132 valence electrons. The molecule has 0 heterocycles. The molecule has 0 atom stereocenters. The second kappa shape index (κ2) is 9.62. The zero-order valence-electron chi connectivity index (χ0n) is 14.9. The summed E-state index contributed by atoms with van der Waals surface area (Å²) in [6.45, 7) is 4.74. The fraction of sp³-hybridized carbons (Fsp3) is 0.333. The van der Waals surface area contributed by atoms with Crippen molar-refractivity contribution in [1.82, 2.24) is 5.32 Å². The lowest BCUT2D eigenvalue weighted by Crippen LogP contribution is -2.26. The molecule has 1 amide bonds. The van der Waals surface area contributed by atoms with Crippen LogP contribution in [0.1, 0.15) is 41.3 Å². The van der Waals surface area contributed by atoms with Gasteiger partial charge in [0.25, 0.3) is 0 Å². The van der Waals surface area contributed by atoms with E-state index < -0.39 is 0 Å². The predicted molar refractivity (Wildman–Crippen MR) is 99.1 cm³/mol. The highest BCUT2D eigenvalue weighted by Gasteiger charge is 2.03. The third kappa shape index (κ3) is 6.42. The van der Waals surface area contributed by atoms with Crippen molar-refractivity contribution >= 4 is 11.7 Å². The molecule has 0 aromatic heterocycles. The molecule has 1 N–H and O–H groups in total. The maximum absolute atomic E-state index is 11.8. The van der Waals surface area contributed by atoms with Crippen LogP contribution in [-0.2, 0) is 11.2 Å². The number of carbonyl (C=O) groups is 2. The number of rotatable bonds is 9. The number of ether oxygens (including phenoxy) is 1. The van der Waals surface area contributed by atoms with Crippen LogP contribution in [0.2, 0.25) is 0 Å². The van der Waals surface area contributed by atoms with Gasteiger partial charge in [-0.15, -0.1) is 0 Å². The maximum Gasteiger partial charge on any atom is 0.220 e. The van der Waals surface area contributed by atoms with Crippen LogP contribution in [0.4, 0.5) is 0 Å². The summed E-state index contributed by atoms with van der Waals surface area (Å²) in [5.41, 5.74) is 3.18. The normalized spacial score (nSPS) is 10.3. The Morgan fingerprint density at radius 1 is 1.04 bits per heavy atom. The first-order chi connectivity index (χ1) is 12.1. The van der Waals surface area contributed by atoms with Crippen LogP contribution in [-0.4, -0.2) is 24.8 Å². The van der Waals surface area contributed by atoms with Gasteiger partial charge in [0, 0.05) is 18.5 Å². The Kier molecular flexibility index (Phi) is 7.20. The molecule has 0 aliphatic rings. The number of carbonyl (C=O) groups excluding carboxylic acids is 2. The van der Waals surface area contributed by atoms with Gasteiger partial charge in [0.05, 0.1) is 6.61 Å². The van der Waals surface area contributed by atoms with Crippen LogP contribution in [0.25, 0.3) is 0 Å². The molecule has 2 rings (SSSR count). The van der Waals surface area contributed by atoms with E-state index in [2.05, 4.69) is 24.4 Å². The van der Waals surface area contributed by atoms with Crippen LogP contribution in [0.3, 0.4) is 0 Å². The maximum atomic E-state index is 11.8. The van der Waals surface area contributed by atoms with Gasteiger partial charge >= 0.3 is 0 Å². The standard InChI is InChI=1S/C21H25NO3/c1-16-6-3-4-7-18(16)13-14-22-21(24)8-5-15-25-20-11-9-19(10-12-20)17(2)23/h3-4,6-7,9-12H,5,8,13-15H2,1-2H3,(H,22,24). The van der Waals surface area contributed by atoms with E-state index in [1.165, 1.54) is 18.1 Å². The summed E-state index contributed by atoms with van der Waals surface area (Å²) in [6.07, 6.45) is 1.95. The van der Waals surface area contributed by atoms with Gasteiger partial charge in [-0.3, -0.25) is 9.59 Å². The van der Waals surface area contributed by atoms with E-state index in [0.29, 0.717) is 37.3 Å². The minimum atomic E-state index is 0.0360. The lowest BCUT2D eigenvalue weighted by molar-refractivity contribution is -0.121. The van der Waals surface area contributed by atoms with Crippen LogP contribution < -0.4 is 10.1 Å². The summed E-state index contributed by atoms with van der Waals surface area (Å²) < 4.78 is 5.59. The Morgan fingerprint density at radius 2 is 1.76 bits per heavy atom. The van der Waals surface area contributed by atoms with E-state index in [1.807, 2.05) is 12.1 Å². The minimum absolute atomic E-state index is 0.0360. The molecule has 0 fully saturated rings. The lowest BCUT2D eigenvalue weighted by atomic mass is 10.1. The summed E-state index contributed by atoms with van der Waals surface area (Å²) in [6, 6.07) is 15.3. The van der Waals surface area contributed by atoms with Gasteiger partial charge in [0.2, 0.25) is 5.91 Å². The Hall–Kier alpha value is -2.62. The summed E-state index contributed by atoms with van der Waals surface area (Å²) in [5, 5.41) is 2.94. The largest absolute Gasteiger partial charge is 0.494 e. The molecule has 0 bridgehead atoms. The predicted octanol–water partition coefficient (Wildman–Crippen LogP) is 3.72. The molecule has 0 spiro atoms. The van der Waals surface area contributed by atoms with Gasteiger partial charge in [-0.05, 0) is 62.1 Å². The van der Waals surface area contributed by atoms with E-state index in [9.17, 15) is 9.59 Å². The third-order valence-corrected chi connectivity index (χ3v) is 4.06. The highest BCUT2D eigenvalue weighted by atomic mass is 16.5. The third-order valence-electron chi connectivity index (χ3n) is 4.06. The van der Waals surface area contributed by atoms with Gasteiger partial charge in [-0.1, -0.05) is 24.3 Å². The van der Waals surface area contributed by atoms with E-state index in [1.54, 1.807) is 24.3 Å². The van der Waals surface area contributed by atoms with E-state index in [4.69, 9.17) is 4.74 Å². The fourth-order valence-electron chi connectivity index (χ4n) is 2.52. The molecule has 0 saturated heterocycles. The zero-order chi connectivity index (χ0) is 18.1. The van der Waals surface area contributed by atoms with Crippen LogP contribution in [0.5, 0.6) is 5.75 Å². The highest BCUT2D eigenvalue weighted by molar-refractivity contribution is 5.94. The molecular weight excluding hydrogens is 314 g/mol. The zero-order valence-corrected chi connectivity index (χ0v) is 14.9. The number of nitrogens with one attached hydrogen (secondary N) is 1. The molecule has 0 saturated carbocycles. The van der Waals surface area contributed by atoms with Gasteiger partial charge in [0.1, 0.15) is 5.75 Å². The molecule has 4 heteroatoms. The van der Waals surface area contributed by atoms with Gasteiger partial charge < -0.3 is 10.1 Å². The van der Waals surface area contributed by atoms with Crippen molar-refractivity contribution in [3.05, 3.63) is 65.2 Å². The number of aryl methyl sites for hydroxylation is 1. The number of Topliss-reactive ketones (excluding diaryl/α,β-unsaturated/α-hetero) is 1. The molecule has 0 aliphatic heterocycles. The number of hydrogen-bond acceptors (Lipinski definition) is 3. The van der Waals surface area contributed by atoms with Gasteiger partial charge in [0.15, 0.2) is 5.78 Å². The minimum Gasteiger partial charge on any atom is -0.494 e. The van der Waals surface area contributed by atoms with Crippen LogP contribution >= 0.6 is 0 Å². The Bertz CT molecular complexity index is 707. The average Bonchev–Trinajstić information content (AvgIpc) is 2.61.